The summed E-state index contributed by atoms with van der Waals surface area (Å²) < 4.78 is 10.5. The lowest BCUT2D eigenvalue weighted by Crippen LogP contribution is -1.86. The molecule has 0 unspecified atom stereocenters. The molecule has 3 rings (SSSR count). The number of nitro benzene ring substituents is 1. The zero-order chi connectivity index (χ0) is 17.3. The third-order valence-corrected chi connectivity index (χ3v) is 3.58. The Hall–Kier alpha value is -3.06. The molecule has 0 aliphatic carbocycles. The van der Waals surface area contributed by atoms with Gasteiger partial charge in [-0.2, -0.15) is 0 Å². The smallest absolute Gasteiger partial charge is 0.271 e. The van der Waals surface area contributed by atoms with Crippen molar-refractivity contribution in [3.63, 3.8) is 0 Å². The second kappa shape index (κ2) is 6.21. The molecule has 0 amide bonds. The van der Waals surface area contributed by atoms with Gasteiger partial charge in [0.1, 0.15) is 5.52 Å². The molecule has 0 radical (unpaired) electrons. The normalized spacial score (nSPS) is 11.2. The van der Waals surface area contributed by atoms with Crippen molar-refractivity contribution in [3.8, 4) is 11.5 Å². The minimum Gasteiger partial charge on any atom is -0.503 e. The average molecular weight is 347 g/mol. The largest absolute Gasteiger partial charge is 0.503 e. The summed E-state index contributed by atoms with van der Waals surface area (Å²) in [5.41, 5.74) is 1.45. The predicted octanol–water partition coefficient (Wildman–Crippen LogP) is 4.27. The van der Waals surface area contributed by atoms with E-state index in [0.29, 0.717) is 16.7 Å². The molecule has 1 N–H and O–H groups in total. The number of nitrogens with zero attached hydrogens (tertiary/aromatic N) is 2. The van der Waals surface area contributed by atoms with Crippen LogP contribution in [0.15, 0.2) is 34.7 Å². The maximum absolute atomic E-state index is 10.8. The van der Waals surface area contributed by atoms with E-state index in [-0.39, 0.29) is 28.1 Å². The number of oxazole rings is 1. The number of hydrogen-bond acceptors (Lipinski definition) is 6. The molecule has 24 heavy (non-hydrogen) atoms. The maximum Gasteiger partial charge on any atom is 0.271 e. The number of benzene rings is 2. The monoisotopic (exact) mass is 346 g/mol. The summed E-state index contributed by atoms with van der Waals surface area (Å²) in [6.07, 6.45) is 3.26. The second-order valence-corrected chi connectivity index (χ2v) is 5.26. The fraction of sp³-hybridized carbons (Fsp3) is 0.0625. The van der Waals surface area contributed by atoms with Crippen LogP contribution in [-0.2, 0) is 0 Å². The van der Waals surface area contributed by atoms with Crippen molar-refractivity contribution in [2.75, 3.05) is 7.11 Å². The van der Waals surface area contributed by atoms with Crippen molar-refractivity contribution in [1.82, 2.24) is 4.98 Å². The molecule has 3 aromatic rings. The third-order valence-electron chi connectivity index (χ3n) is 3.29. The standard InChI is InChI=1S/C16H11ClN2O5/c1-23-14-7-9(6-11(17)16(14)20)2-5-15-18-12-8-10(19(21)22)3-4-13(12)24-15/h2-8,20H,1H3/b5-2+. The fourth-order valence-electron chi connectivity index (χ4n) is 2.13. The number of phenolic OH excluding ortho intramolecular Hbond substituents is 1. The minimum atomic E-state index is -0.492. The Morgan fingerprint density at radius 2 is 2.12 bits per heavy atom. The number of aromatic nitrogens is 1. The number of methoxy groups -OCH3 is 1. The number of phenols is 1. The topological polar surface area (TPSA) is 98.6 Å². The molecular weight excluding hydrogens is 336 g/mol. The second-order valence-electron chi connectivity index (χ2n) is 4.85. The van der Waals surface area contributed by atoms with E-state index in [9.17, 15) is 15.2 Å². The number of non-ortho nitro benzene ring substituents is 1. The number of hydrogen-bond donors (Lipinski definition) is 1. The molecule has 1 heterocycles. The Morgan fingerprint density at radius 1 is 1.33 bits per heavy atom. The molecule has 0 saturated carbocycles. The summed E-state index contributed by atoms with van der Waals surface area (Å²) in [6, 6.07) is 7.36. The molecule has 0 aliphatic heterocycles. The van der Waals surface area contributed by atoms with Gasteiger partial charge < -0.3 is 14.3 Å². The number of nitro groups is 1. The molecule has 1 aromatic heterocycles. The van der Waals surface area contributed by atoms with Crippen LogP contribution in [0.2, 0.25) is 5.02 Å². The molecule has 0 bridgehead atoms. The van der Waals surface area contributed by atoms with Crippen LogP contribution in [-0.4, -0.2) is 22.1 Å². The molecule has 0 spiro atoms. The summed E-state index contributed by atoms with van der Waals surface area (Å²) in [6.45, 7) is 0. The van der Waals surface area contributed by atoms with E-state index < -0.39 is 4.92 Å². The van der Waals surface area contributed by atoms with E-state index >= 15 is 0 Å². The van der Waals surface area contributed by atoms with Gasteiger partial charge in [-0.25, -0.2) is 4.98 Å². The van der Waals surface area contributed by atoms with Crippen LogP contribution in [0.5, 0.6) is 11.5 Å². The fourth-order valence-corrected chi connectivity index (χ4v) is 2.35. The Balaban J connectivity index is 1.93. The van der Waals surface area contributed by atoms with Crippen molar-refractivity contribution in [1.29, 1.82) is 0 Å². The summed E-state index contributed by atoms with van der Waals surface area (Å²) in [4.78, 5) is 14.5. The average Bonchev–Trinajstić information content (AvgIpc) is 2.97. The molecule has 0 aliphatic rings. The van der Waals surface area contributed by atoms with Crippen LogP contribution in [0.1, 0.15) is 11.5 Å². The molecule has 0 fully saturated rings. The van der Waals surface area contributed by atoms with E-state index in [0.717, 1.165) is 0 Å². The lowest BCUT2D eigenvalue weighted by atomic mass is 10.2. The van der Waals surface area contributed by atoms with E-state index in [1.54, 1.807) is 24.3 Å². The van der Waals surface area contributed by atoms with Crippen molar-refractivity contribution >= 4 is 40.5 Å². The number of fused-ring (bicyclic) bond motifs is 1. The molecule has 8 heteroatoms. The van der Waals surface area contributed by atoms with E-state index in [1.807, 2.05) is 0 Å². The van der Waals surface area contributed by atoms with Gasteiger partial charge >= 0.3 is 0 Å². The molecule has 0 saturated heterocycles. The summed E-state index contributed by atoms with van der Waals surface area (Å²) in [5.74, 6) is 0.398. The van der Waals surface area contributed by atoms with Gasteiger partial charge in [-0.1, -0.05) is 11.6 Å². The van der Waals surface area contributed by atoms with E-state index in [4.69, 9.17) is 20.8 Å². The highest BCUT2D eigenvalue weighted by molar-refractivity contribution is 6.32. The number of halogens is 1. The van der Waals surface area contributed by atoms with Crippen molar-refractivity contribution < 1.29 is 19.2 Å². The predicted molar refractivity (Wildman–Crippen MR) is 89.3 cm³/mol. The van der Waals surface area contributed by atoms with Gasteiger partial charge in [0.05, 0.1) is 17.1 Å². The highest BCUT2D eigenvalue weighted by Gasteiger charge is 2.11. The first-order valence-corrected chi connectivity index (χ1v) is 7.15. The first-order valence-electron chi connectivity index (χ1n) is 6.77. The van der Waals surface area contributed by atoms with E-state index in [1.165, 1.54) is 25.3 Å². The number of aromatic hydroxyl groups is 1. The first-order chi connectivity index (χ1) is 11.5. The van der Waals surface area contributed by atoms with Gasteiger partial charge in [-0.05, 0) is 29.8 Å². The number of ether oxygens (including phenoxy) is 1. The van der Waals surface area contributed by atoms with Crippen LogP contribution >= 0.6 is 11.6 Å². The van der Waals surface area contributed by atoms with Crippen molar-refractivity contribution in [2.24, 2.45) is 0 Å². The SMILES string of the molecule is COc1cc(/C=C/c2nc3cc([N+](=O)[O-])ccc3o2)cc(Cl)c1O. The van der Waals surface area contributed by atoms with Gasteiger partial charge in [-0.15, -0.1) is 0 Å². The Morgan fingerprint density at radius 3 is 2.83 bits per heavy atom. The van der Waals surface area contributed by atoms with Gasteiger partial charge in [0.15, 0.2) is 17.1 Å². The zero-order valence-electron chi connectivity index (χ0n) is 12.4. The van der Waals surface area contributed by atoms with Crippen LogP contribution in [0.3, 0.4) is 0 Å². The van der Waals surface area contributed by atoms with Gasteiger partial charge in [0, 0.05) is 18.2 Å². The maximum atomic E-state index is 10.8. The third kappa shape index (κ3) is 3.02. The van der Waals surface area contributed by atoms with Crippen LogP contribution in [0, 0.1) is 10.1 Å². The van der Waals surface area contributed by atoms with Gasteiger partial charge in [0.2, 0.25) is 5.89 Å². The van der Waals surface area contributed by atoms with Crippen LogP contribution in [0.4, 0.5) is 5.69 Å². The lowest BCUT2D eigenvalue weighted by Gasteiger charge is -2.05. The van der Waals surface area contributed by atoms with Crippen molar-refractivity contribution in [2.45, 2.75) is 0 Å². The van der Waals surface area contributed by atoms with Crippen LogP contribution < -0.4 is 4.74 Å². The van der Waals surface area contributed by atoms with Crippen molar-refractivity contribution in [3.05, 3.63) is 56.9 Å². The zero-order valence-corrected chi connectivity index (χ0v) is 13.1. The highest BCUT2D eigenvalue weighted by atomic mass is 35.5. The summed E-state index contributed by atoms with van der Waals surface area (Å²) in [7, 11) is 1.42. The van der Waals surface area contributed by atoms with Crippen LogP contribution in [0.25, 0.3) is 23.3 Å². The molecule has 122 valence electrons. The molecule has 7 nitrogen and oxygen atoms in total. The molecule has 2 aromatic carbocycles. The number of rotatable bonds is 4. The Kier molecular flexibility index (Phi) is 4.09. The molecule has 0 atom stereocenters. The summed E-state index contributed by atoms with van der Waals surface area (Å²) >= 11 is 5.92. The molecular formula is C16H11ClN2O5. The Bertz CT molecular complexity index is 965. The lowest BCUT2D eigenvalue weighted by molar-refractivity contribution is -0.384. The van der Waals surface area contributed by atoms with E-state index in [2.05, 4.69) is 4.98 Å². The van der Waals surface area contributed by atoms with Gasteiger partial charge in [-0.3, -0.25) is 10.1 Å². The minimum absolute atomic E-state index is 0.0543. The highest BCUT2D eigenvalue weighted by Crippen LogP contribution is 2.35. The Labute approximate surface area is 140 Å². The summed E-state index contributed by atoms with van der Waals surface area (Å²) in [5, 5.41) is 20.6. The first kappa shape index (κ1) is 15.8. The van der Waals surface area contributed by atoms with Gasteiger partial charge in [0.25, 0.3) is 5.69 Å². The quantitative estimate of drug-likeness (QED) is 0.559.